The molecule has 138 valence electrons. The van der Waals surface area contributed by atoms with Gasteiger partial charge in [-0.05, 0) is 40.0 Å². The maximum absolute atomic E-state index is 9.44. The average Bonchev–Trinajstić information content (AvgIpc) is 2.78. The zero-order valence-electron chi connectivity index (χ0n) is 16.4. The predicted octanol–water partition coefficient (Wildman–Crippen LogP) is 2.61. The van der Waals surface area contributed by atoms with Crippen LogP contribution >= 0.6 is 0 Å². The molecule has 1 aromatic heterocycles. The van der Waals surface area contributed by atoms with E-state index in [9.17, 15) is 5.11 Å². The van der Waals surface area contributed by atoms with Gasteiger partial charge >= 0.3 is 0 Å². The third-order valence-corrected chi connectivity index (χ3v) is 5.10. The summed E-state index contributed by atoms with van der Waals surface area (Å²) in [6.07, 6.45) is 0.868. The number of hydrogen-bond acceptors (Lipinski definition) is 4. The molecular weight excluding hydrogens is 300 g/mol. The van der Waals surface area contributed by atoms with E-state index in [0.717, 1.165) is 44.8 Å². The zero-order chi connectivity index (χ0) is 17.9. The van der Waals surface area contributed by atoms with Crippen molar-refractivity contribution in [3.8, 4) is 0 Å². The number of aliphatic hydroxyl groups excluding tert-OH is 1. The first-order valence-electron chi connectivity index (χ1n) is 9.45. The first kappa shape index (κ1) is 19.4. The predicted molar refractivity (Wildman–Crippen MR) is 99.3 cm³/mol. The Bertz CT molecular complexity index is 524. The zero-order valence-corrected chi connectivity index (χ0v) is 16.4. The van der Waals surface area contributed by atoms with Crippen molar-refractivity contribution in [2.24, 2.45) is 5.92 Å². The van der Waals surface area contributed by atoms with E-state index in [0.29, 0.717) is 18.0 Å². The largest absolute Gasteiger partial charge is 0.396 e. The number of piperazine rings is 1. The normalized spacial score (nSPS) is 20.5. The van der Waals surface area contributed by atoms with Gasteiger partial charge < -0.3 is 5.11 Å². The van der Waals surface area contributed by atoms with E-state index >= 15 is 0 Å². The molecule has 1 aromatic rings. The highest BCUT2D eigenvalue weighted by Gasteiger charge is 2.28. The van der Waals surface area contributed by atoms with Crippen molar-refractivity contribution in [3.05, 3.63) is 17.0 Å². The first-order chi connectivity index (χ1) is 11.3. The van der Waals surface area contributed by atoms with Crippen molar-refractivity contribution in [1.82, 2.24) is 19.6 Å². The lowest BCUT2D eigenvalue weighted by Gasteiger charge is -2.42. The van der Waals surface area contributed by atoms with Crippen LogP contribution in [0, 0.1) is 19.8 Å². The van der Waals surface area contributed by atoms with Gasteiger partial charge in [-0.25, -0.2) is 0 Å². The van der Waals surface area contributed by atoms with Crippen molar-refractivity contribution in [2.45, 2.75) is 66.6 Å². The van der Waals surface area contributed by atoms with Crippen LogP contribution in [0.25, 0.3) is 0 Å². The average molecular weight is 337 g/mol. The summed E-state index contributed by atoms with van der Waals surface area (Å²) < 4.78 is 2.14. The highest BCUT2D eigenvalue weighted by Crippen LogP contribution is 2.22. The molecule has 0 amide bonds. The number of aryl methyl sites for hydroxylation is 1. The fraction of sp³-hybridized carbons (Fsp3) is 0.842. The lowest BCUT2D eigenvalue weighted by atomic mass is 10.0. The van der Waals surface area contributed by atoms with Gasteiger partial charge in [0, 0.05) is 62.7 Å². The molecule has 24 heavy (non-hydrogen) atoms. The molecule has 0 aromatic carbocycles. The van der Waals surface area contributed by atoms with Crippen molar-refractivity contribution in [2.75, 3.05) is 32.8 Å². The molecule has 1 N–H and O–H groups in total. The van der Waals surface area contributed by atoms with Gasteiger partial charge in [-0.2, -0.15) is 5.10 Å². The van der Waals surface area contributed by atoms with Crippen LogP contribution in [0.3, 0.4) is 0 Å². The number of aliphatic hydroxyl groups is 1. The highest BCUT2D eigenvalue weighted by molar-refractivity contribution is 5.25. The lowest BCUT2D eigenvalue weighted by molar-refractivity contribution is 0.0475. The highest BCUT2D eigenvalue weighted by atomic mass is 16.3. The van der Waals surface area contributed by atoms with Crippen LogP contribution in [-0.2, 0) is 6.54 Å². The van der Waals surface area contributed by atoms with Crippen molar-refractivity contribution < 1.29 is 5.11 Å². The molecule has 0 aliphatic carbocycles. The topological polar surface area (TPSA) is 44.5 Å². The molecule has 2 rings (SSSR count). The van der Waals surface area contributed by atoms with Crippen LogP contribution in [-0.4, -0.2) is 63.5 Å². The van der Waals surface area contributed by atoms with E-state index < -0.39 is 0 Å². The summed E-state index contributed by atoms with van der Waals surface area (Å²) in [5.74, 6) is 0.673. The van der Waals surface area contributed by atoms with E-state index in [-0.39, 0.29) is 6.61 Å². The van der Waals surface area contributed by atoms with Gasteiger partial charge in [0.1, 0.15) is 0 Å². The molecule has 0 radical (unpaired) electrons. The molecule has 1 unspecified atom stereocenters. The van der Waals surface area contributed by atoms with Gasteiger partial charge in [0.05, 0.1) is 5.69 Å². The Balaban J connectivity index is 2.06. The Morgan fingerprint density at radius 3 is 2.42 bits per heavy atom. The van der Waals surface area contributed by atoms with Gasteiger partial charge in [0.2, 0.25) is 0 Å². The van der Waals surface area contributed by atoms with E-state index in [1.165, 1.54) is 11.3 Å². The van der Waals surface area contributed by atoms with Crippen LogP contribution < -0.4 is 0 Å². The minimum atomic E-state index is 0.274. The van der Waals surface area contributed by atoms with Crippen LogP contribution in [0.5, 0.6) is 0 Å². The summed E-state index contributed by atoms with van der Waals surface area (Å²) in [6.45, 7) is 18.8. The molecule has 0 bridgehead atoms. The standard InChI is InChI=1S/C19H36N4O/c1-14(2)11-22-9-8-21(12-18(22)7-10-24)13-19-16(5)20-23(15(3)4)17(19)6/h14-15,18,24H,7-13H2,1-6H3. The molecule has 5 nitrogen and oxygen atoms in total. The fourth-order valence-corrected chi connectivity index (χ4v) is 3.89. The second kappa shape index (κ2) is 8.45. The summed E-state index contributed by atoms with van der Waals surface area (Å²) in [6, 6.07) is 0.870. The van der Waals surface area contributed by atoms with Gasteiger partial charge in [0.15, 0.2) is 0 Å². The second-order valence-corrected chi connectivity index (χ2v) is 7.98. The molecule has 1 aliphatic rings. The SMILES string of the molecule is Cc1nn(C(C)C)c(C)c1CN1CCN(CC(C)C)C(CCO)C1. The maximum atomic E-state index is 9.44. The minimum Gasteiger partial charge on any atom is -0.396 e. The van der Waals surface area contributed by atoms with E-state index in [2.05, 4.69) is 56.0 Å². The maximum Gasteiger partial charge on any atom is 0.0641 e. The van der Waals surface area contributed by atoms with E-state index in [4.69, 9.17) is 5.10 Å². The van der Waals surface area contributed by atoms with E-state index in [1.807, 2.05) is 0 Å². The Kier molecular flexibility index (Phi) is 6.84. The third-order valence-electron chi connectivity index (χ3n) is 5.10. The van der Waals surface area contributed by atoms with Crippen LogP contribution in [0.4, 0.5) is 0 Å². The lowest BCUT2D eigenvalue weighted by Crippen LogP contribution is -2.53. The van der Waals surface area contributed by atoms with Gasteiger partial charge in [-0.3, -0.25) is 14.5 Å². The molecule has 1 fully saturated rings. The Morgan fingerprint density at radius 1 is 1.17 bits per heavy atom. The number of nitrogens with zero attached hydrogens (tertiary/aromatic N) is 4. The van der Waals surface area contributed by atoms with Gasteiger partial charge in [-0.1, -0.05) is 13.8 Å². The smallest absolute Gasteiger partial charge is 0.0641 e. The molecular formula is C19H36N4O. The molecule has 1 atom stereocenters. The first-order valence-corrected chi connectivity index (χ1v) is 9.45. The Hall–Kier alpha value is -0.910. The van der Waals surface area contributed by atoms with Gasteiger partial charge in [-0.15, -0.1) is 0 Å². The van der Waals surface area contributed by atoms with Crippen molar-refractivity contribution in [3.63, 3.8) is 0 Å². The Labute approximate surface area is 147 Å². The number of rotatable bonds is 7. The van der Waals surface area contributed by atoms with Crippen molar-refractivity contribution >= 4 is 0 Å². The summed E-state index contributed by atoms with van der Waals surface area (Å²) >= 11 is 0. The summed E-state index contributed by atoms with van der Waals surface area (Å²) in [5.41, 5.74) is 3.83. The summed E-state index contributed by atoms with van der Waals surface area (Å²) in [7, 11) is 0. The van der Waals surface area contributed by atoms with Crippen LogP contribution in [0.1, 0.15) is 57.1 Å². The quantitative estimate of drug-likeness (QED) is 0.831. The summed E-state index contributed by atoms with van der Waals surface area (Å²) in [4.78, 5) is 5.10. The van der Waals surface area contributed by atoms with Crippen LogP contribution in [0.15, 0.2) is 0 Å². The van der Waals surface area contributed by atoms with Crippen molar-refractivity contribution in [1.29, 1.82) is 0 Å². The molecule has 1 aliphatic heterocycles. The molecule has 1 saturated heterocycles. The van der Waals surface area contributed by atoms with Crippen LogP contribution in [0.2, 0.25) is 0 Å². The fourth-order valence-electron chi connectivity index (χ4n) is 3.89. The molecule has 0 spiro atoms. The molecule has 0 saturated carbocycles. The second-order valence-electron chi connectivity index (χ2n) is 7.98. The number of aromatic nitrogens is 2. The minimum absolute atomic E-state index is 0.274. The van der Waals surface area contributed by atoms with Gasteiger partial charge in [0.25, 0.3) is 0 Å². The number of hydrogen-bond donors (Lipinski definition) is 1. The third kappa shape index (κ3) is 4.58. The Morgan fingerprint density at radius 2 is 1.88 bits per heavy atom. The summed E-state index contributed by atoms with van der Waals surface area (Å²) in [5, 5.41) is 14.2. The monoisotopic (exact) mass is 336 g/mol. The van der Waals surface area contributed by atoms with E-state index in [1.54, 1.807) is 0 Å². The molecule has 5 heteroatoms. The molecule has 2 heterocycles.